The molecule has 0 bridgehead atoms. The van der Waals surface area contributed by atoms with Crippen molar-refractivity contribution in [2.75, 3.05) is 0 Å². The number of amides is 1. The fourth-order valence-electron chi connectivity index (χ4n) is 2.75. The van der Waals surface area contributed by atoms with E-state index in [2.05, 4.69) is 15.4 Å². The van der Waals surface area contributed by atoms with Gasteiger partial charge >= 0.3 is 0 Å². The second-order valence-corrected chi connectivity index (χ2v) is 6.61. The van der Waals surface area contributed by atoms with Crippen LogP contribution in [0.5, 0.6) is 5.75 Å². The summed E-state index contributed by atoms with van der Waals surface area (Å²) in [5.74, 6) is 0.0114. The van der Waals surface area contributed by atoms with Gasteiger partial charge in [0, 0.05) is 18.2 Å². The number of rotatable bonds is 2. The average molecular weight is 312 g/mol. The third-order valence-corrected chi connectivity index (χ3v) is 4.11. The van der Waals surface area contributed by atoms with Crippen LogP contribution in [0.25, 0.3) is 0 Å². The molecule has 6 heteroatoms. The highest BCUT2D eigenvalue weighted by Crippen LogP contribution is 2.33. The number of hydrazone groups is 1. The van der Waals surface area contributed by atoms with Crippen molar-refractivity contribution in [1.82, 2.24) is 10.3 Å². The van der Waals surface area contributed by atoms with Crippen molar-refractivity contribution in [3.8, 4) is 5.75 Å². The zero-order valence-corrected chi connectivity index (χ0v) is 13.4. The van der Waals surface area contributed by atoms with Crippen molar-refractivity contribution < 1.29 is 9.90 Å². The molecule has 0 saturated heterocycles. The minimum atomic E-state index is -0.958. The Morgan fingerprint density at radius 3 is 2.78 bits per heavy atom. The Bertz CT molecular complexity index is 722. The highest BCUT2D eigenvalue weighted by Gasteiger charge is 2.45. The number of aliphatic imine (C=N–C) groups is 1. The van der Waals surface area contributed by atoms with Gasteiger partial charge in [0.25, 0.3) is 5.91 Å². The zero-order chi connectivity index (χ0) is 16.7. The molecule has 2 aliphatic rings. The van der Waals surface area contributed by atoms with Crippen LogP contribution >= 0.6 is 0 Å². The highest BCUT2D eigenvalue weighted by molar-refractivity contribution is 6.04. The summed E-state index contributed by atoms with van der Waals surface area (Å²) in [7, 11) is 0. The molecular weight excluding hydrogens is 292 g/mol. The molecule has 1 aromatic carbocycles. The highest BCUT2D eigenvalue weighted by atomic mass is 16.3. The second kappa shape index (κ2) is 5.22. The number of carbonyl (C=O) groups is 1. The van der Waals surface area contributed by atoms with Gasteiger partial charge in [-0.3, -0.25) is 9.79 Å². The van der Waals surface area contributed by atoms with E-state index in [1.807, 2.05) is 19.9 Å². The maximum Gasteiger partial charge on any atom is 0.274 e. The largest absolute Gasteiger partial charge is 0.508 e. The predicted molar refractivity (Wildman–Crippen MR) is 89.4 cm³/mol. The summed E-state index contributed by atoms with van der Waals surface area (Å²) in [5.41, 5.74) is 0.197. The summed E-state index contributed by atoms with van der Waals surface area (Å²) in [6.07, 6.45) is 5.56. The number of nitrogens with zero attached hydrogens (tertiary/aromatic N) is 3. The number of benzene rings is 1. The molecule has 0 saturated carbocycles. The molecule has 0 spiro atoms. The van der Waals surface area contributed by atoms with Crippen molar-refractivity contribution in [2.24, 2.45) is 10.1 Å². The summed E-state index contributed by atoms with van der Waals surface area (Å²) in [6, 6.07) is 6.93. The lowest BCUT2D eigenvalue weighted by atomic mass is 9.92. The second-order valence-electron chi connectivity index (χ2n) is 6.61. The van der Waals surface area contributed by atoms with Gasteiger partial charge in [-0.2, -0.15) is 5.10 Å². The summed E-state index contributed by atoms with van der Waals surface area (Å²) < 4.78 is 0. The molecule has 0 aliphatic carbocycles. The standard InChI is InChI=1S/C17H20N4O2/c1-16(2)10-14(12-5-4-6-13(22)9-12)20-21(16)15(23)17(3)7-8-18-11-19-17/h4-9,11,22H,10H2,1-3H3,(H,18,19). The third-order valence-electron chi connectivity index (χ3n) is 4.11. The van der Waals surface area contributed by atoms with Crippen LogP contribution in [0.2, 0.25) is 0 Å². The molecule has 1 unspecified atom stereocenters. The molecule has 1 atom stereocenters. The number of nitrogens with one attached hydrogen (secondary N) is 1. The first kappa shape index (κ1) is 15.3. The Morgan fingerprint density at radius 1 is 1.35 bits per heavy atom. The van der Waals surface area contributed by atoms with Crippen molar-refractivity contribution in [3.63, 3.8) is 0 Å². The van der Waals surface area contributed by atoms with Gasteiger partial charge in [-0.25, -0.2) is 5.01 Å². The zero-order valence-electron chi connectivity index (χ0n) is 13.4. The van der Waals surface area contributed by atoms with Crippen molar-refractivity contribution >= 4 is 18.0 Å². The molecule has 0 radical (unpaired) electrons. The Labute approximate surface area is 135 Å². The molecule has 2 aliphatic heterocycles. The first-order chi connectivity index (χ1) is 10.8. The first-order valence-corrected chi connectivity index (χ1v) is 7.51. The van der Waals surface area contributed by atoms with Crippen LogP contribution in [0.1, 0.15) is 32.8 Å². The van der Waals surface area contributed by atoms with Crippen LogP contribution in [-0.2, 0) is 4.79 Å². The average Bonchev–Trinajstić information content (AvgIpc) is 2.83. The van der Waals surface area contributed by atoms with Crippen molar-refractivity contribution in [2.45, 2.75) is 38.3 Å². The molecule has 6 nitrogen and oxygen atoms in total. The summed E-state index contributed by atoms with van der Waals surface area (Å²) >= 11 is 0. The minimum Gasteiger partial charge on any atom is -0.508 e. The fraction of sp³-hybridized carbons (Fsp3) is 0.353. The topological polar surface area (TPSA) is 77.3 Å². The first-order valence-electron chi connectivity index (χ1n) is 7.51. The smallest absolute Gasteiger partial charge is 0.274 e. The summed E-state index contributed by atoms with van der Waals surface area (Å²) in [4.78, 5) is 17.2. The van der Waals surface area contributed by atoms with E-state index in [1.54, 1.807) is 37.4 Å². The van der Waals surface area contributed by atoms with Crippen LogP contribution in [0, 0.1) is 0 Å². The molecule has 23 heavy (non-hydrogen) atoms. The van der Waals surface area contributed by atoms with Crippen LogP contribution in [0.15, 0.2) is 46.6 Å². The Balaban J connectivity index is 1.95. The predicted octanol–water partition coefficient (Wildman–Crippen LogP) is 2.01. The molecule has 120 valence electrons. The number of aromatic hydroxyl groups is 1. The Morgan fingerprint density at radius 2 is 2.13 bits per heavy atom. The Kier molecular flexibility index (Phi) is 3.47. The van der Waals surface area contributed by atoms with Gasteiger partial charge < -0.3 is 10.4 Å². The lowest BCUT2D eigenvalue weighted by Crippen LogP contribution is -2.50. The molecule has 0 aromatic heterocycles. The maximum atomic E-state index is 13.0. The van der Waals surface area contributed by atoms with Crippen molar-refractivity contribution in [3.05, 3.63) is 42.1 Å². The van der Waals surface area contributed by atoms with Gasteiger partial charge in [0.1, 0.15) is 5.75 Å². The maximum absolute atomic E-state index is 13.0. The summed E-state index contributed by atoms with van der Waals surface area (Å²) in [6.45, 7) is 5.71. The van der Waals surface area contributed by atoms with Gasteiger partial charge in [0.15, 0.2) is 5.54 Å². The quantitative estimate of drug-likeness (QED) is 0.877. The van der Waals surface area contributed by atoms with E-state index in [0.29, 0.717) is 6.42 Å². The molecule has 3 rings (SSSR count). The lowest BCUT2D eigenvalue weighted by Gasteiger charge is -2.34. The number of hydrogen-bond donors (Lipinski definition) is 2. The van der Waals surface area contributed by atoms with E-state index in [1.165, 1.54) is 11.3 Å². The molecule has 0 fully saturated rings. The molecule has 1 aromatic rings. The third kappa shape index (κ3) is 2.72. The van der Waals surface area contributed by atoms with Crippen LogP contribution < -0.4 is 5.32 Å². The van der Waals surface area contributed by atoms with Gasteiger partial charge in [-0.1, -0.05) is 12.1 Å². The van der Waals surface area contributed by atoms with Gasteiger partial charge in [0.05, 0.1) is 17.6 Å². The van der Waals surface area contributed by atoms with Crippen LogP contribution in [-0.4, -0.2) is 39.2 Å². The molecular formula is C17H20N4O2. The molecule has 2 N–H and O–H groups in total. The SMILES string of the molecule is CC1(C(=O)N2N=C(c3cccc(O)c3)CC2(C)C)C=CNC=N1. The summed E-state index contributed by atoms with van der Waals surface area (Å²) in [5, 5.41) is 18.5. The van der Waals surface area contributed by atoms with Gasteiger partial charge in [0.2, 0.25) is 0 Å². The number of phenols is 1. The van der Waals surface area contributed by atoms with Gasteiger partial charge in [-0.15, -0.1) is 0 Å². The number of carbonyl (C=O) groups excluding carboxylic acids is 1. The van der Waals surface area contributed by atoms with E-state index in [4.69, 9.17) is 0 Å². The van der Waals surface area contributed by atoms with E-state index < -0.39 is 11.1 Å². The molecule has 1 amide bonds. The van der Waals surface area contributed by atoms with E-state index in [0.717, 1.165) is 11.3 Å². The van der Waals surface area contributed by atoms with Crippen LogP contribution in [0.3, 0.4) is 0 Å². The number of hydrogen-bond acceptors (Lipinski definition) is 5. The monoisotopic (exact) mass is 312 g/mol. The van der Waals surface area contributed by atoms with Crippen LogP contribution in [0.4, 0.5) is 0 Å². The van der Waals surface area contributed by atoms with E-state index in [9.17, 15) is 9.90 Å². The lowest BCUT2D eigenvalue weighted by molar-refractivity contribution is -0.139. The molecule has 2 heterocycles. The minimum absolute atomic E-state index is 0.174. The van der Waals surface area contributed by atoms with E-state index >= 15 is 0 Å². The fourth-order valence-corrected chi connectivity index (χ4v) is 2.75. The van der Waals surface area contributed by atoms with Gasteiger partial charge in [-0.05, 0) is 39.0 Å². The normalized spacial score (nSPS) is 25.2. The Hall–Kier alpha value is -2.63. The van der Waals surface area contributed by atoms with Crippen molar-refractivity contribution in [1.29, 1.82) is 0 Å². The number of phenolic OH excluding ortho intramolecular Hbond substituents is 1. The van der Waals surface area contributed by atoms with E-state index in [-0.39, 0.29) is 11.7 Å².